The van der Waals surface area contributed by atoms with Crippen LogP contribution in [0, 0.1) is 25.2 Å². The summed E-state index contributed by atoms with van der Waals surface area (Å²) in [5, 5.41) is 14.2. The highest BCUT2D eigenvalue weighted by Crippen LogP contribution is 2.30. The summed E-state index contributed by atoms with van der Waals surface area (Å²) < 4.78 is 1.91. The molecule has 0 radical (unpaired) electrons. The third kappa shape index (κ3) is 2.70. The third-order valence-corrected chi connectivity index (χ3v) is 4.30. The van der Waals surface area contributed by atoms with E-state index in [0.717, 1.165) is 38.9 Å². The number of benzene rings is 1. The topological polar surface area (TPSA) is 54.0 Å². The van der Waals surface area contributed by atoms with Gasteiger partial charge in [0, 0.05) is 17.7 Å². The van der Waals surface area contributed by atoms with E-state index < -0.39 is 0 Å². The molecule has 0 aliphatic rings. The number of nitriles is 1. The van der Waals surface area contributed by atoms with Crippen LogP contribution in [0.25, 0.3) is 16.8 Å². The van der Waals surface area contributed by atoms with Gasteiger partial charge in [-0.05, 0) is 25.5 Å². The van der Waals surface area contributed by atoms with Crippen molar-refractivity contribution in [3.63, 3.8) is 0 Å². The van der Waals surface area contributed by atoms with Crippen LogP contribution in [0.2, 0.25) is 0 Å². The highest BCUT2D eigenvalue weighted by Gasteiger charge is 2.16. The van der Waals surface area contributed by atoms with Crippen LogP contribution < -0.4 is 0 Å². The normalized spacial score (nSPS) is 10.8. The maximum absolute atomic E-state index is 8.72. The van der Waals surface area contributed by atoms with E-state index in [0.29, 0.717) is 6.42 Å². The highest BCUT2D eigenvalue weighted by molar-refractivity contribution is 7.99. The SMILES string of the molecule is Cc1cc(C)c2c(-c3ccccc3)nc(SCCC#N)n2n1. The van der Waals surface area contributed by atoms with Crippen molar-refractivity contribution >= 4 is 17.3 Å². The van der Waals surface area contributed by atoms with Gasteiger partial charge < -0.3 is 0 Å². The van der Waals surface area contributed by atoms with Crippen LogP contribution in [-0.2, 0) is 0 Å². The maximum atomic E-state index is 8.72. The molecule has 3 rings (SSSR count). The van der Waals surface area contributed by atoms with Crippen LogP contribution in [0.4, 0.5) is 0 Å². The van der Waals surface area contributed by atoms with E-state index in [-0.39, 0.29) is 0 Å². The van der Waals surface area contributed by atoms with Gasteiger partial charge in [-0.2, -0.15) is 10.4 Å². The van der Waals surface area contributed by atoms with Gasteiger partial charge in [-0.15, -0.1) is 0 Å². The molecule has 5 heteroatoms. The van der Waals surface area contributed by atoms with Gasteiger partial charge in [0.25, 0.3) is 0 Å². The summed E-state index contributed by atoms with van der Waals surface area (Å²) in [4.78, 5) is 4.79. The van der Waals surface area contributed by atoms with Gasteiger partial charge in [0.1, 0.15) is 0 Å². The van der Waals surface area contributed by atoms with Crippen molar-refractivity contribution in [3.8, 4) is 17.3 Å². The van der Waals surface area contributed by atoms with Gasteiger partial charge >= 0.3 is 0 Å². The Labute approximate surface area is 133 Å². The molecule has 0 saturated carbocycles. The molecule has 110 valence electrons. The lowest BCUT2D eigenvalue weighted by atomic mass is 10.1. The average Bonchev–Trinajstić information content (AvgIpc) is 2.87. The standard InChI is InChI=1S/C17H16N4S/c1-12-11-13(2)20-21-16(12)15(14-7-4-3-5-8-14)19-17(21)22-10-6-9-18/h3-5,7-8,11H,6,10H2,1-2H3. The number of aryl methyl sites for hydroxylation is 2. The summed E-state index contributed by atoms with van der Waals surface area (Å²) in [5.74, 6) is 0.721. The van der Waals surface area contributed by atoms with Gasteiger partial charge in [-0.1, -0.05) is 42.1 Å². The predicted molar refractivity (Wildman–Crippen MR) is 88.9 cm³/mol. The number of thioether (sulfide) groups is 1. The number of hydrogen-bond acceptors (Lipinski definition) is 4. The van der Waals surface area contributed by atoms with E-state index in [4.69, 9.17) is 10.2 Å². The molecule has 3 aromatic rings. The third-order valence-electron chi connectivity index (χ3n) is 3.37. The Bertz CT molecular complexity index is 846. The van der Waals surface area contributed by atoms with Crippen LogP contribution in [0.1, 0.15) is 17.7 Å². The molecule has 1 aromatic carbocycles. The Hall–Kier alpha value is -2.32. The molecule has 0 N–H and O–H groups in total. The van der Waals surface area contributed by atoms with Gasteiger partial charge in [-0.3, -0.25) is 0 Å². The van der Waals surface area contributed by atoms with E-state index >= 15 is 0 Å². The molecular weight excluding hydrogens is 292 g/mol. The number of rotatable bonds is 4. The fourth-order valence-electron chi connectivity index (χ4n) is 2.49. The summed E-state index contributed by atoms with van der Waals surface area (Å²) in [6.07, 6.45) is 0.505. The van der Waals surface area contributed by atoms with E-state index in [9.17, 15) is 0 Å². The van der Waals surface area contributed by atoms with Crippen molar-refractivity contribution in [2.24, 2.45) is 0 Å². The Kier molecular flexibility index (Phi) is 4.12. The van der Waals surface area contributed by atoms with Crippen molar-refractivity contribution in [2.45, 2.75) is 25.4 Å². The monoisotopic (exact) mass is 308 g/mol. The average molecular weight is 308 g/mol. The molecular formula is C17H16N4S. The predicted octanol–water partition coefficient (Wildman–Crippen LogP) is 4.02. The fraction of sp³-hybridized carbons (Fsp3) is 0.235. The molecule has 4 nitrogen and oxygen atoms in total. The highest BCUT2D eigenvalue weighted by atomic mass is 32.2. The number of hydrogen-bond donors (Lipinski definition) is 0. The lowest BCUT2D eigenvalue weighted by Gasteiger charge is -2.04. The lowest BCUT2D eigenvalue weighted by Crippen LogP contribution is -1.98. The first kappa shape index (κ1) is 14.6. The van der Waals surface area contributed by atoms with E-state index in [1.165, 1.54) is 0 Å². The zero-order valence-corrected chi connectivity index (χ0v) is 13.4. The molecule has 2 aromatic heterocycles. The molecule has 0 aliphatic carbocycles. The van der Waals surface area contributed by atoms with Crippen molar-refractivity contribution in [3.05, 3.63) is 47.7 Å². The zero-order valence-electron chi connectivity index (χ0n) is 12.6. The molecule has 0 unspecified atom stereocenters. The van der Waals surface area contributed by atoms with Crippen molar-refractivity contribution in [2.75, 3.05) is 5.75 Å². The Balaban J connectivity index is 2.18. The summed E-state index contributed by atoms with van der Waals surface area (Å²) in [7, 11) is 0. The van der Waals surface area contributed by atoms with Crippen LogP contribution in [0.5, 0.6) is 0 Å². The molecule has 0 fully saturated rings. The lowest BCUT2D eigenvalue weighted by molar-refractivity contribution is 0.793. The van der Waals surface area contributed by atoms with Crippen LogP contribution in [0.15, 0.2) is 41.6 Å². The molecule has 0 atom stereocenters. The fourth-order valence-corrected chi connectivity index (χ4v) is 3.27. The van der Waals surface area contributed by atoms with Gasteiger partial charge in [0.05, 0.1) is 23.0 Å². The second-order valence-electron chi connectivity index (χ2n) is 5.09. The smallest absolute Gasteiger partial charge is 0.190 e. The van der Waals surface area contributed by atoms with Gasteiger partial charge in [-0.25, -0.2) is 9.50 Å². The van der Waals surface area contributed by atoms with E-state index in [1.54, 1.807) is 11.8 Å². The van der Waals surface area contributed by atoms with Crippen molar-refractivity contribution < 1.29 is 0 Å². The number of fused-ring (bicyclic) bond motifs is 1. The summed E-state index contributed by atoms with van der Waals surface area (Å²) in [5.41, 5.74) is 5.19. The maximum Gasteiger partial charge on any atom is 0.190 e. The second kappa shape index (κ2) is 6.20. The first-order chi connectivity index (χ1) is 10.7. The molecule has 2 heterocycles. The minimum atomic E-state index is 0.505. The second-order valence-corrected chi connectivity index (χ2v) is 6.16. The van der Waals surface area contributed by atoms with E-state index in [1.807, 2.05) is 29.6 Å². The summed E-state index contributed by atoms with van der Waals surface area (Å²) in [6, 6.07) is 14.4. The van der Waals surface area contributed by atoms with Crippen LogP contribution >= 0.6 is 11.8 Å². The minimum Gasteiger partial charge on any atom is -0.220 e. The summed E-state index contributed by atoms with van der Waals surface area (Å²) in [6.45, 7) is 4.07. The van der Waals surface area contributed by atoms with E-state index in [2.05, 4.69) is 36.3 Å². The van der Waals surface area contributed by atoms with Crippen LogP contribution in [-0.4, -0.2) is 20.4 Å². The number of imidazole rings is 1. The molecule has 0 aliphatic heterocycles. The Morgan fingerprint density at radius 3 is 2.73 bits per heavy atom. The van der Waals surface area contributed by atoms with Gasteiger partial charge in [0.15, 0.2) is 5.16 Å². The van der Waals surface area contributed by atoms with Crippen molar-refractivity contribution in [1.29, 1.82) is 5.26 Å². The first-order valence-corrected chi connectivity index (χ1v) is 8.11. The molecule has 0 amide bonds. The Morgan fingerprint density at radius 2 is 2.00 bits per heavy atom. The Morgan fingerprint density at radius 1 is 1.23 bits per heavy atom. The van der Waals surface area contributed by atoms with Crippen molar-refractivity contribution in [1.82, 2.24) is 14.6 Å². The van der Waals surface area contributed by atoms with Crippen LogP contribution in [0.3, 0.4) is 0 Å². The molecule has 22 heavy (non-hydrogen) atoms. The molecule has 0 spiro atoms. The number of nitrogens with zero attached hydrogens (tertiary/aromatic N) is 4. The zero-order chi connectivity index (χ0) is 15.5. The minimum absolute atomic E-state index is 0.505. The quantitative estimate of drug-likeness (QED) is 0.539. The summed E-state index contributed by atoms with van der Waals surface area (Å²) >= 11 is 1.57. The van der Waals surface area contributed by atoms with Gasteiger partial charge in [0.2, 0.25) is 0 Å². The molecule has 0 saturated heterocycles. The number of aromatic nitrogens is 3. The first-order valence-electron chi connectivity index (χ1n) is 7.13. The largest absolute Gasteiger partial charge is 0.220 e. The molecule has 0 bridgehead atoms.